The van der Waals surface area contributed by atoms with Crippen LogP contribution in [0.4, 0.5) is 14.5 Å². The van der Waals surface area contributed by atoms with Crippen LogP contribution < -0.4 is 10.6 Å². The molecule has 0 radical (unpaired) electrons. The van der Waals surface area contributed by atoms with Gasteiger partial charge in [-0.25, -0.2) is 13.6 Å². The fourth-order valence-corrected chi connectivity index (χ4v) is 3.52. The van der Waals surface area contributed by atoms with Crippen molar-refractivity contribution in [2.24, 2.45) is 5.73 Å². The number of nitrogens with zero attached hydrogens (tertiary/aromatic N) is 1. The first kappa shape index (κ1) is 13.3. The number of fused-ring (bicyclic) bond motifs is 2. The average Bonchev–Trinajstić information content (AvgIpc) is 2.65. The van der Waals surface area contributed by atoms with E-state index in [0.717, 1.165) is 31.7 Å². The number of carboxylic acid groups (broad SMARTS) is 1. The lowest BCUT2D eigenvalue weighted by Crippen LogP contribution is -2.48. The van der Waals surface area contributed by atoms with Crippen molar-refractivity contribution in [3.05, 3.63) is 29.3 Å². The molecule has 2 heterocycles. The smallest absolute Gasteiger partial charge is 0.338 e. The summed E-state index contributed by atoms with van der Waals surface area (Å²) < 4.78 is 28.0. The van der Waals surface area contributed by atoms with Crippen LogP contribution in [0.5, 0.6) is 0 Å². The molecule has 2 fully saturated rings. The molecule has 4 nitrogen and oxygen atoms in total. The molecule has 2 unspecified atom stereocenters. The summed E-state index contributed by atoms with van der Waals surface area (Å²) in [5.41, 5.74) is 5.48. The Kier molecular flexibility index (Phi) is 3.12. The highest BCUT2D eigenvalue weighted by atomic mass is 19.2. The van der Waals surface area contributed by atoms with Crippen molar-refractivity contribution >= 4 is 11.7 Å². The highest BCUT2D eigenvalue weighted by molar-refractivity contribution is 5.88. The van der Waals surface area contributed by atoms with E-state index in [4.69, 9.17) is 10.8 Å². The fourth-order valence-electron chi connectivity index (χ4n) is 3.52. The molecular formula is C14H16F2N2O2. The second-order valence-electron chi connectivity index (χ2n) is 5.59. The molecular weight excluding hydrogens is 266 g/mol. The molecule has 1 aromatic carbocycles. The number of carbonyl (C=O) groups is 1. The van der Waals surface area contributed by atoms with Crippen molar-refractivity contribution in [2.45, 2.75) is 43.8 Å². The lowest BCUT2D eigenvalue weighted by atomic mass is 9.97. The van der Waals surface area contributed by atoms with Gasteiger partial charge in [-0.05, 0) is 37.8 Å². The third-order valence-electron chi connectivity index (χ3n) is 4.34. The second kappa shape index (κ2) is 4.70. The maximum Gasteiger partial charge on any atom is 0.338 e. The molecule has 0 saturated carbocycles. The number of carboxylic acids is 1. The molecule has 1 aromatic rings. The zero-order chi connectivity index (χ0) is 14.4. The summed E-state index contributed by atoms with van der Waals surface area (Å²) in [5, 5.41) is 8.81. The van der Waals surface area contributed by atoms with Crippen molar-refractivity contribution in [3.63, 3.8) is 0 Å². The normalized spacial score (nSPS) is 28.8. The van der Waals surface area contributed by atoms with E-state index < -0.39 is 23.2 Å². The Balaban J connectivity index is 2.00. The van der Waals surface area contributed by atoms with Crippen LogP contribution in [0.1, 0.15) is 36.0 Å². The van der Waals surface area contributed by atoms with Crippen molar-refractivity contribution in [2.75, 3.05) is 4.90 Å². The molecule has 3 N–H and O–H groups in total. The summed E-state index contributed by atoms with van der Waals surface area (Å²) >= 11 is 0. The average molecular weight is 282 g/mol. The van der Waals surface area contributed by atoms with Crippen LogP contribution in [0.2, 0.25) is 0 Å². The molecule has 2 atom stereocenters. The summed E-state index contributed by atoms with van der Waals surface area (Å²) in [6.07, 6.45) is 3.36. The van der Waals surface area contributed by atoms with Gasteiger partial charge in [0.25, 0.3) is 0 Å². The predicted octanol–water partition coefficient (Wildman–Crippen LogP) is 2.12. The quantitative estimate of drug-likeness (QED) is 0.872. The minimum atomic E-state index is -1.46. The van der Waals surface area contributed by atoms with Gasteiger partial charge in [0.2, 0.25) is 0 Å². The second-order valence-corrected chi connectivity index (χ2v) is 5.59. The van der Waals surface area contributed by atoms with E-state index in [1.165, 1.54) is 6.07 Å². The van der Waals surface area contributed by atoms with Crippen molar-refractivity contribution in [1.82, 2.24) is 0 Å². The van der Waals surface area contributed by atoms with Gasteiger partial charge in [0, 0.05) is 18.1 Å². The van der Waals surface area contributed by atoms with Gasteiger partial charge < -0.3 is 15.7 Å². The fraction of sp³-hybridized carbons (Fsp3) is 0.500. The summed E-state index contributed by atoms with van der Waals surface area (Å²) in [6, 6.07) is 2.84. The third-order valence-corrected chi connectivity index (χ3v) is 4.34. The Morgan fingerprint density at radius 3 is 2.35 bits per heavy atom. The monoisotopic (exact) mass is 282 g/mol. The number of anilines is 1. The molecule has 108 valence electrons. The standard InChI is InChI=1S/C14H16F2N2O2/c15-12-10(14(19)20)3-4-11(13(12)16)18-8-1-2-9(18)6-7(17)5-8/h3-4,7-9H,1-2,5-6,17H2,(H,19,20). The van der Waals surface area contributed by atoms with Gasteiger partial charge in [0.15, 0.2) is 11.6 Å². The first-order chi connectivity index (χ1) is 9.49. The molecule has 0 spiro atoms. The van der Waals surface area contributed by atoms with E-state index in [1.807, 2.05) is 4.90 Å². The Hall–Kier alpha value is -1.69. The van der Waals surface area contributed by atoms with Gasteiger partial charge in [-0.3, -0.25) is 0 Å². The number of benzene rings is 1. The van der Waals surface area contributed by atoms with Crippen LogP contribution in [-0.2, 0) is 0 Å². The van der Waals surface area contributed by atoms with E-state index >= 15 is 0 Å². The van der Waals surface area contributed by atoms with E-state index in [0.29, 0.717) is 0 Å². The predicted molar refractivity (Wildman–Crippen MR) is 69.8 cm³/mol. The van der Waals surface area contributed by atoms with Crippen LogP contribution in [-0.4, -0.2) is 29.2 Å². The maximum absolute atomic E-state index is 14.2. The van der Waals surface area contributed by atoms with Gasteiger partial charge in [-0.1, -0.05) is 0 Å². The molecule has 6 heteroatoms. The lowest BCUT2D eigenvalue weighted by Gasteiger charge is -2.39. The topological polar surface area (TPSA) is 66.6 Å². The molecule has 2 aliphatic heterocycles. The Morgan fingerprint density at radius 2 is 1.80 bits per heavy atom. The summed E-state index contributed by atoms with van der Waals surface area (Å²) in [7, 11) is 0. The van der Waals surface area contributed by atoms with Crippen LogP contribution >= 0.6 is 0 Å². The van der Waals surface area contributed by atoms with Gasteiger partial charge >= 0.3 is 5.97 Å². The summed E-state index contributed by atoms with van der Waals surface area (Å²) in [5.74, 6) is -3.82. The van der Waals surface area contributed by atoms with Crippen LogP contribution in [0.25, 0.3) is 0 Å². The van der Waals surface area contributed by atoms with E-state index in [1.54, 1.807) is 0 Å². The Labute approximate surface area is 115 Å². The zero-order valence-corrected chi connectivity index (χ0v) is 10.9. The van der Waals surface area contributed by atoms with Crippen molar-refractivity contribution < 1.29 is 18.7 Å². The first-order valence-electron chi connectivity index (χ1n) is 6.74. The van der Waals surface area contributed by atoms with Crippen LogP contribution in [0.3, 0.4) is 0 Å². The number of piperidine rings is 1. The highest BCUT2D eigenvalue weighted by Crippen LogP contribution is 2.40. The van der Waals surface area contributed by atoms with E-state index in [-0.39, 0.29) is 23.8 Å². The zero-order valence-electron chi connectivity index (χ0n) is 10.9. The third kappa shape index (κ3) is 1.95. The number of rotatable bonds is 2. The van der Waals surface area contributed by atoms with E-state index in [9.17, 15) is 13.6 Å². The molecule has 0 aromatic heterocycles. The number of hydrogen-bond donors (Lipinski definition) is 2. The van der Waals surface area contributed by atoms with Gasteiger partial charge in [-0.15, -0.1) is 0 Å². The highest BCUT2D eigenvalue weighted by Gasteiger charge is 2.41. The number of halogens is 2. The maximum atomic E-state index is 14.2. The first-order valence-corrected chi connectivity index (χ1v) is 6.74. The molecule has 0 amide bonds. The summed E-state index contributed by atoms with van der Waals surface area (Å²) in [6.45, 7) is 0. The van der Waals surface area contributed by atoms with Gasteiger partial charge in [0.1, 0.15) is 0 Å². The van der Waals surface area contributed by atoms with Crippen LogP contribution in [0.15, 0.2) is 12.1 Å². The van der Waals surface area contributed by atoms with Gasteiger partial charge in [-0.2, -0.15) is 0 Å². The Bertz CT molecular complexity index is 550. The SMILES string of the molecule is NC1CC2CCC(C1)N2c1ccc(C(=O)O)c(F)c1F. The lowest BCUT2D eigenvalue weighted by molar-refractivity contribution is 0.0690. The Morgan fingerprint density at radius 1 is 1.20 bits per heavy atom. The molecule has 20 heavy (non-hydrogen) atoms. The molecule has 3 rings (SSSR count). The van der Waals surface area contributed by atoms with E-state index in [2.05, 4.69) is 0 Å². The summed E-state index contributed by atoms with van der Waals surface area (Å²) in [4.78, 5) is 12.7. The minimum absolute atomic E-state index is 0.106. The van der Waals surface area contributed by atoms with Crippen molar-refractivity contribution in [1.29, 1.82) is 0 Å². The van der Waals surface area contributed by atoms with Crippen molar-refractivity contribution in [3.8, 4) is 0 Å². The number of aromatic carboxylic acids is 1. The largest absolute Gasteiger partial charge is 0.478 e. The number of hydrogen-bond acceptors (Lipinski definition) is 3. The number of nitrogens with two attached hydrogens (primary N) is 1. The van der Waals surface area contributed by atoms with Crippen LogP contribution in [0, 0.1) is 11.6 Å². The molecule has 0 aliphatic carbocycles. The molecule has 2 saturated heterocycles. The molecule has 2 bridgehead atoms. The molecule has 2 aliphatic rings. The van der Waals surface area contributed by atoms with Gasteiger partial charge in [0.05, 0.1) is 11.3 Å². The minimum Gasteiger partial charge on any atom is -0.478 e.